The Morgan fingerprint density at radius 2 is 1.86 bits per heavy atom. The molecule has 1 heterocycles. The smallest absolute Gasteiger partial charge is 0.338 e. The van der Waals surface area contributed by atoms with Crippen molar-refractivity contribution in [2.24, 2.45) is 0 Å². The van der Waals surface area contributed by atoms with Crippen LogP contribution in [-0.2, 0) is 16.1 Å². The van der Waals surface area contributed by atoms with Crippen molar-refractivity contribution in [2.75, 3.05) is 20.3 Å². The van der Waals surface area contributed by atoms with Crippen LogP contribution in [-0.4, -0.2) is 42.0 Å². The van der Waals surface area contributed by atoms with Gasteiger partial charge in [-0.15, -0.1) is 11.3 Å². The molecule has 3 aromatic rings. The molecule has 146 valence electrons. The van der Waals surface area contributed by atoms with E-state index in [-0.39, 0.29) is 12.5 Å². The molecule has 0 atom stereocenters. The minimum atomic E-state index is -0.538. The van der Waals surface area contributed by atoms with Crippen LogP contribution in [0.4, 0.5) is 0 Å². The van der Waals surface area contributed by atoms with Gasteiger partial charge in [0.05, 0.1) is 28.9 Å². The van der Waals surface area contributed by atoms with Crippen molar-refractivity contribution in [1.29, 1.82) is 0 Å². The summed E-state index contributed by atoms with van der Waals surface area (Å²) in [5, 5.41) is 0.839. The zero-order valence-corrected chi connectivity index (χ0v) is 16.7. The fourth-order valence-electron chi connectivity index (χ4n) is 2.51. The number of para-hydroxylation sites is 1. The fraction of sp³-hybridized carbons (Fsp3) is 0.286. The molecule has 0 aliphatic carbocycles. The molecule has 0 spiro atoms. The lowest BCUT2D eigenvalue weighted by molar-refractivity contribution is -0.133. The van der Waals surface area contributed by atoms with E-state index < -0.39 is 5.97 Å². The van der Waals surface area contributed by atoms with E-state index in [0.717, 1.165) is 21.6 Å². The number of fused-ring (bicyclic) bond motifs is 1. The van der Waals surface area contributed by atoms with E-state index in [1.54, 1.807) is 42.6 Å². The van der Waals surface area contributed by atoms with Gasteiger partial charge in [-0.25, -0.2) is 9.78 Å². The minimum absolute atomic E-state index is 0.282. The maximum atomic E-state index is 12.3. The van der Waals surface area contributed by atoms with Gasteiger partial charge < -0.3 is 14.4 Å². The summed E-state index contributed by atoms with van der Waals surface area (Å²) in [6.07, 6.45) is 0.913. The van der Waals surface area contributed by atoms with Crippen LogP contribution in [0.3, 0.4) is 0 Å². The summed E-state index contributed by atoms with van der Waals surface area (Å²) in [7, 11) is 1.67. The Morgan fingerprint density at radius 1 is 1.11 bits per heavy atom. The Morgan fingerprint density at radius 3 is 2.57 bits per heavy atom. The average molecular weight is 398 g/mol. The van der Waals surface area contributed by atoms with E-state index in [1.807, 2.05) is 31.2 Å². The lowest BCUT2D eigenvalue weighted by Gasteiger charge is -2.15. The molecule has 0 N–H and O–H groups in total. The zero-order chi connectivity index (χ0) is 19.9. The molecule has 7 heteroatoms. The standard InChI is InChI=1S/C21H22N2O4S/c1-3-12-26-16-10-8-15(9-11-16)21(25)27-14-20(24)23(2)13-19-22-17-6-4-5-7-18(17)28-19/h4-11H,3,12-14H2,1-2H3. The second-order valence-corrected chi connectivity index (χ2v) is 7.39. The molecule has 0 unspecified atom stereocenters. The maximum absolute atomic E-state index is 12.3. The van der Waals surface area contributed by atoms with E-state index in [0.29, 0.717) is 24.5 Å². The molecule has 0 saturated carbocycles. The van der Waals surface area contributed by atoms with Gasteiger partial charge in [-0.1, -0.05) is 19.1 Å². The topological polar surface area (TPSA) is 68.7 Å². The van der Waals surface area contributed by atoms with Crippen molar-refractivity contribution >= 4 is 33.4 Å². The number of carbonyl (C=O) groups excluding carboxylic acids is 2. The van der Waals surface area contributed by atoms with Gasteiger partial charge >= 0.3 is 5.97 Å². The van der Waals surface area contributed by atoms with Gasteiger partial charge in [0.2, 0.25) is 0 Å². The highest BCUT2D eigenvalue weighted by Gasteiger charge is 2.15. The molecule has 1 aromatic heterocycles. The molecular formula is C21H22N2O4S. The van der Waals surface area contributed by atoms with Crippen molar-refractivity contribution < 1.29 is 19.1 Å². The normalized spacial score (nSPS) is 10.6. The van der Waals surface area contributed by atoms with Crippen LogP contribution >= 0.6 is 11.3 Å². The number of benzene rings is 2. The molecule has 3 rings (SSSR count). The quantitative estimate of drug-likeness (QED) is 0.538. The molecule has 0 aliphatic rings. The number of hydrogen-bond donors (Lipinski definition) is 0. The monoisotopic (exact) mass is 398 g/mol. The Bertz CT molecular complexity index is 919. The first-order valence-electron chi connectivity index (χ1n) is 9.05. The van der Waals surface area contributed by atoms with E-state index in [4.69, 9.17) is 9.47 Å². The summed E-state index contributed by atoms with van der Waals surface area (Å²) >= 11 is 1.55. The van der Waals surface area contributed by atoms with Crippen LogP contribution < -0.4 is 4.74 Å². The number of ether oxygens (including phenoxy) is 2. The zero-order valence-electron chi connectivity index (χ0n) is 15.9. The Kier molecular flexibility index (Phi) is 6.60. The number of esters is 1. The summed E-state index contributed by atoms with van der Waals surface area (Å²) in [5.41, 5.74) is 1.30. The highest BCUT2D eigenvalue weighted by Crippen LogP contribution is 2.22. The van der Waals surface area contributed by atoms with Gasteiger partial charge in [0.15, 0.2) is 6.61 Å². The first kappa shape index (κ1) is 19.8. The first-order valence-corrected chi connectivity index (χ1v) is 9.87. The third kappa shape index (κ3) is 5.07. The second-order valence-electron chi connectivity index (χ2n) is 6.27. The molecule has 0 fully saturated rings. The van der Waals surface area contributed by atoms with Crippen molar-refractivity contribution in [2.45, 2.75) is 19.9 Å². The molecule has 28 heavy (non-hydrogen) atoms. The number of aromatic nitrogens is 1. The SMILES string of the molecule is CCCOc1ccc(C(=O)OCC(=O)N(C)Cc2nc3ccccc3s2)cc1. The lowest BCUT2D eigenvalue weighted by Crippen LogP contribution is -2.30. The number of carbonyl (C=O) groups is 2. The predicted molar refractivity (Wildman–Crippen MR) is 109 cm³/mol. The number of amides is 1. The second kappa shape index (κ2) is 9.32. The van der Waals surface area contributed by atoms with E-state index in [2.05, 4.69) is 4.98 Å². The van der Waals surface area contributed by atoms with Crippen LogP contribution in [0.25, 0.3) is 10.2 Å². The van der Waals surface area contributed by atoms with Gasteiger partial charge in [-0.3, -0.25) is 4.79 Å². The number of hydrogen-bond acceptors (Lipinski definition) is 6. The Hall–Kier alpha value is -2.93. The molecule has 2 aromatic carbocycles. The largest absolute Gasteiger partial charge is 0.494 e. The predicted octanol–water partition coefficient (Wildman–Crippen LogP) is 3.90. The van der Waals surface area contributed by atoms with E-state index in [1.165, 1.54) is 4.90 Å². The Labute approximate surface area is 167 Å². The van der Waals surface area contributed by atoms with Gasteiger partial charge in [-0.05, 0) is 42.8 Å². The third-order valence-electron chi connectivity index (χ3n) is 4.03. The van der Waals surface area contributed by atoms with Gasteiger partial charge in [-0.2, -0.15) is 0 Å². The van der Waals surface area contributed by atoms with Crippen LogP contribution in [0, 0.1) is 0 Å². The number of rotatable bonds is 8. The van der Waals surface area contributed by atoms with E-state index >= 15 is 0 Å². The molecule has 0 radical (unpaired) electrons. The van der Waals surface area contributed by atoms with Crippen LogP contribution in [0.1, 0.15) is 28.7 Å². The van der Waals surface area contributed by atoms with Gasteiger partial charge in [0, 0.05) is 7.05 Å². The highest BCUT2D eigenvalue weighted by atomic mass is 32.1. The summed E-state index contributed by atoms with van der Waals surface area (Å²) in [6, 6.07) is 14.5. The number of nitrogens with zero attached hydrogens (tertiary/aromatic N) is 2. The number of thiazole rings is 1. The average Bonchev–Trinajstić information content (AvgIpc) is 3.12. The molecule has 0 saturated heterocycles. The van der Waals surface area contributed by atoms with Crippen LogP contribution in [0.15, 0.2) is 48.5 Å². The fourth-order valence-corrected chi connectivity index (χ4v) is 3.53. The number of likely N-dealkylation sites (N-methyl/N-ethyl adjacent to an activating group) is 1. The van der Waals surface area contributed by atoms with Crippen LogP contribution in [0.2, 0.25) is 0 Å². The maximum Gasteiger partial charge on any atom is 0.338 e. The highest BCUT2D eigenvalue weighted by molar-refractivity contribution is 7.18. The van der Waals surface area contributed by atoms with Crippen molar-refractivity contribution in [3.63, 3.8) is 0 Å². The van der Waals surface area contributed by atoms with Gasteiger partial charge in [0.1, 0.15) is 10.8 Å². The molecule has 1 amide bonds. The Balaban J connectivity index is 1.50. The lowest BCUT2D eigenvalue weighted by atomic mass is 10.2. The van der Waals surface area contributed by atoms with Crippen molar-refractivity contribution in [3.8, 4) is 5.75 Å². The summed E-state index contributed by atoms with van der Waals surface area (Å²) in [5.74, 6) is -0.121. The third-order valence-corrected chi connectivity index (χ3v) is 5.05. The van der Waals surface area contributed by atoms with Gasteiger partial charge in [0.25, 0.3) is 5.91 Å². The summed E-state index contributed by atoms with van der Waals surface area (Å²) in [4.78, 5) is 30.4. The van der Waals surface area contributed by atoms with Crippen molar-refractivity contribution in [1.82, 2.24) is 9.88 Å². The van der Waals surface area contributed by atoms with Crippen LogP contribution in [0.5, 0.6) is 5.75 Å². The molecule has 6 nitrogen and oxygen atoms in total. The first-order chi connectivity index (χ1) is 13.6. The van der Waals surface area contributed by atoms with Crippen molar-refractivity contribution in [3.05, 3.63) is 59.1 Å². The minimum Gasteiger partial charge on any atom is -0.494 e. The molecule has 0 aliphatic heterocycles. The summed E-state index contributed by atoms with van der Waals surface area (Å²) < 4.78 is 11.7. The summed E-state index contributed by atoms with van der Waals surface area (Å²) in [6.45, 7) is 2.71. The molecular weight excluding hydrogens is 376 g/mol. The van der Waals surface area contributed by atoms with E-state index in [9.17, 15) is 9.59 Å². The molecule has 0 bridgehead atoms.